The van der Waals surface area contributed by atoms with Crippen molar-refractivity contribution in [2.45, 2.75) is 6.18 Å². The van der Waals surface area contributed by atoms with Crippen LogP contribution in [0.1, 0.15) is 11.3 Å². The summed E-state index contributed by atoms with van der Waals surface area (Å²) >= 11 is 0. The summed E-state index contributed by atoms with van der Waals surface area (Å²) in [5, 5.41) is 15.0. The van der Waals surface area contributed by atoms with Crippen LogP contribution in [0.4, 0.5) is 13.2 Å². The van der Waals surface area contributed by atoms with Crippen molar-refractivity contribution in [1.29, 1.82) is 0 Å². The minimum Gasteiger partial charge on any atom is -0.497 e. The average Bonchev–Trinajstić information content (AvgIpc) is 2.95. The maximum absolute atomic E-state index is 12.6. The van der Waals surface area contributed by atoms with Gasteiger partial charge in [-0.25, -0.2) is 4.68 Å². The van der Waals surface area contributed by atoms with Crippen molar-refractivity contribution in [3.05, 3.63) is 41.7 Å². The Morgan fingerprint density at radius 3 is 2.62 bits per heavy atom. The molecule has 112 valence electrons. The molecule has 2 aromatic rings. The van der Waals surface area contributed by atoms with Gasteiger partial charge in [0.2, 0.25) is 0 Å². The number of aromatic nitrogens is 2. The highest BCUT2D eigenvalue weighted by molar-refractivity contribution is 6.00. The SMILES string of the molecule is COc1ccc(/C(N)=N/O)c(-n2ccc(C(F)(F)F)n2)c1. The first-order valence-corrected chi connectivity index (χ1v) is 5.66. The van der Waals surface area contributed by atoms with Gasteiger partial charge in [-0.3, -0.25) is 0 Å². The smallest absolute Gasteiger partial charge is 0.435 e. The molecule has 0 fully saturated rings. The predicted octanol–water partition coefficient (Wildman–Crippen LogP) is 1.99. The van der Waals surface area contributed by atoms with Gasteiger partial charge in [0, 0.05) is 17.8 Å². The molecule has 0 bridgehead atoms. The molecule has 0 amide bonds. The highest BCUT2D eigenvalue weighted by Crippen LogP contribution is 2.29. The summed E-state index contributed by atoms with van der Waals surface area (Å²) in [5.74, 6) is 0.139. The minimum atomic E-state index is -4.55. The van der Waals surface area contributed by atoms with Crippen LogP contribution in [-0.2, 0) is 6.18 Å². The quantitative estimate of drug-likeness (QED) is 0.393. The van der Waals surface area contributed by atoms with Crippen molar-refractivity contribution >= 4 is 5.84 Å². The Balaban J connectivity index is 2.58. The molecule has 9 heteroatoms. The van der Waals surface area contributed by atoms with Crippen LogP contribution in [0, 0.1) is 0 Å². The van der Waals surface area contributed by atoms with Gasteiger partial charge < -0.3 is 15.7 Å². The van der Waals surface area contributed by atoms with Crippen LogP contribution >= 0.6 is 0 Å². The van der Waals surface area contributed by atoms with E-state index >= 15 is 0 Å². The number of hydrogen-bond donors (Lipinski definition) is 2. The van der Waals surface area contributed by atoms with Crippen molar-refractivity contribution in [1.82, 2.24) is 9.78 Å². The lowest BCUT2D eigenvalue weighted by atomic mass is 10.1. The molecule has 0 radical (unpaired) electrons. The first-order chi connectivity index (χ1) is 9.86. The van der Waals surface area contributed by atoms with Crippen LogP contribution in [0.25, 0.3) is 5.69 Å². The zero-order valence-corrected chi connectivity index (χ0v) is 10.8. The fourth-order valence-electron chi connectivity index (χ4n) is 1.71. The standard InChI is InChI=1S/C12H11F3N4O2/c1-21-7-2-3-8(11(16)18-20)9(6-7)19-5-4-10(17-19)12(13,14)15/h2-6,20H,1H3,(H2,16,18). The Bertz CT molecular complexity index is 679. The van der Waals surface area contributed by atoms with Gasteiger partial charge >= 0.3 is 6.18 Å². The second kappa shape index (κ2) is 5.35. The molecule has 6 nitrogen and oxygen atoms in total. The van der Waals surface area contributed by atoms with Gasteiger partial charge in [-0.15, -0.1) is 0 Å². The van der Waals surface area contributed by atoms with E-state index in [0.717, 1.165) is 16.9 Å². The first-order valence-electron chi connectivity index (χ1n) is 5.66. The Labute approximate surface area is 117 Å². The molecule has 0 aliphatic rings. The normalized spacial score (nSPS) is 12.5. The van der Waals surface area contributed by atoms with Crippen molar-refractivity contribution in [2.24, 2.45) is 10.9 Å². The first kappa shape index (κ1) is 14.7. The summed E-state index contributed by atoms with van der Waals surface area (Å²) in [5.41, 5.74) is 4.88. The zero-order chi connectivity index (χ0) is 15.6. The number of ether oxygens (including phenoxy) is 1. The third-order valence-electron chi connectivity index (χ3n) is 2.71. The van der Waals surface area contributed by atoms with Gasteiger partial charge in [0.05, 0.1) is 12.8 Å². The van der Waals surface area contributed by atoms with E-state index < -0.39 is 11.9 Å². The molecular formula is C12H11F3N4O2. The molecular weight excluding hydrogens is 289 g/mol. The number of halogens is 3. The molecule has 0 saturated carbocycles. The van der Waals surface area contributed by atoms with Gasteiger partial charge in [-0.1, -0.05) is 5.16 Å². The topological polar surface area (TPSA) is 85.7 Å². The summed E-state index contributed by atoms with van der Waals surface area (Å²) < 4.78 is 43.8. The molecule has 2 rings (SSSR count). The Hall–Kier alpha value is -2.71. The van der Waals surface area contributed by atoms with E-state index in [1.807, 2.05) is 0 Å². The van der Waals surface area contributed by atoms with Gasteiger partial charge in [0.15, 0.2) is 11.5 Å². The van der Waals surface area contributed by atoms with E-state index in [1.165, 1.54) is 25.3 Å². The lowest BCUT2D eigenvalue weighted by molar-refractivity contribution is -0.141. The Morgan fingerprint density at radius 1 is 1.38 bits per heavy atom. The van der Waals surface area contributed by atoms with Crippen LogP contribution < -0.4 is 10.5 Å². The number of benzene rings is 1. The van der Waals surface area contributed by atoms with Crippen molar-refractivity contribution in [3.8, 4) is 11.4 Å². The van der Waals surface area contributed by atoms with Crippen LogP contribution in [0.3, 0.4) is 0 Å². The fraction of sp³-hybridized carbons (Fsp3) is 0.167. The number of alkyl halides is 3. The van der Waals surface area contributed by atoms with Crippen molar-refractivity contribution < 1.29 is 23.1 Å². The average molecular weight is 300 g/mol. The van der Waals surface area contributed by atoms with Crippen LogP contribution in [0.2, 0.25) is 0 Å². The summed E-state index contributed by atoms with van der Waals surface area (Å²) in [6.45, 7) is 0. The summed E-state index contributed by atoms with van der Waals surface area (Å²) in [6.07, 6.45) is -3.42. The lowest BCUT2D eigenvalue weighted by Crippen LogP contribution is -2.17. The van der Waals surface area contributed by atoms with Gasteiger partial charge in [0.1, 0.15) is 5.75 Å². The second-order valence-electron chi connectivity index (χ2n) is 4.01. The monoisotopic (exact) mass is 300 g/mol. The predicted molar refractivity (Wildman–Crippen MR) is 67.6 cm³/mol. The van der Waals surface area contributed by atoms with Gasteiger partial charge in [-0.2, -0.15) is 18.3 Å². The number of oxime groups is 1. The van der Waals surface area contributed by atoms with Crippen molar-refractivity contribution in [3.63, 3.8) is 0 Å². The van der Waals surface area contributed by atoms with E-state index in [9.17, 15) is 13.2 Å². The lowest BCUT2D eigenvalue weighted by Gasteiger charge is -2.10. The molecule has 0 unspecified atom stereocenters. The van der Waals surface area contributed by atoms with Crippen LogP contribution in [0.5, 0.6) is 5.75 Å². The highest BCUT2D eigenvalue weighted by atomic mass is 19.4. The molecule has 0 aliphatic carbocycles. The number of methoxy groups -OCH3 is 1. The molecule has 0 aliphatic heterocycles. The van der Waals surface area contributed by atoms with E-state index in [1.54, 1.807) is 0 Å². The summed E-state index contributed by atoms with van der Waals surface area (Å²) in [4.78, 5) is 0. The third kappa shape index (κ3) is 2.91. The number of nitrogens with zero attached hydrogens (tertiary/aromatic N) is 3. The second-order valence-corrected chi connectivity index (χ2v) is 4.01. The number of amidine groups is 1. The van der Waals surface area contributed by atoms with Gasteiger partial charge in [-0.05, 0) is 18.2 Å². The molecule has 0 spiro atoms. The molecule has 1 aromatic heterocycles. The molecule has 1 aromatic carbocycles. The fourth-order valence-corrected chi connectivity index (χ4v) is 1.71. The Morgan fingerprint density at radius 2 is 2.10 bits per heavy atom. The van der Waals surface area contributed by atoms with E-state index in [-0.39, 0.29) is 17.1 Å². The molecule has 3 N–H and O–H groups in total. The van der Waals surface area contributed by atoms with Crippen molar-refractivity contribution in [2.75, 3.05) is 7.11 Å². The molecule has 1 heterocycles. The Kier molecular flexibility index (Phi) is 3.74. The van der Waals surface area contributed by atoms with Crippen LogP contribution in [-0.4, -0.2) is 27.9 Å². The maximum atomic E-state index is 12.6. The zero-order valence-electron chi connectivity index (χ0n) is 10.8. The largest absolute Gasteiger partial charge is 0.497 e. The summed E-state index contributed by atoms with van der Waals surface area (Å²) in [6, 6.07) is 5.25. The van der Waals surface area contributed by atoms with E-state index in [4.69, 9.17) is 15.7 Å². The van der Waals surface area contributed by atoms with E-state index in [0.29, 0.717) is 5.75 Å². The molecule has 0 atom stereocenters. The third-order valence-corrected chi connectivity index (χ3v) is 2.71. The summed E-state index contributed by atoms with van der Waals surface area (Å²) in [7, 11) is 1.41. The number of nitrogens with two attached hydrogens (primary N) is 1. The number of rotatable bonds is 3. The maximum Gasteiger partial charge on any atom is 0.435 e. The number of hydrogen-bond acceptors (Lipinski definition) is 4. The highest BCUT2D eigenvalue weighted by Gasteiger charge is 2.33. The van der Waals surface area contributed by atoms with Gasteiger partial charge in [0.25, 0.3) is 0 Å². The minimum absolute atomic E-state index is 0.195. The molecule has 0 saturated heterocycles. The van der Waals surface area contributed by atoms with Crippen LogP contribution in [0.15, 0.2) is 35.6 Å². The molecule has 21 heavy (non-hydrogen) atoms. The van der Waals surface area contributed by atoms with E-state index in [2.05, 4.69) is 10.3 Å².